The molecular formula is C29H27N5O2. The minimum Gasteiger partial charge on any atom is -0.378 e. The summed E-state index contributed by atoms with van der Waals surface area (Å²) >= 11 is 0. The molecule has 2 aromatic carbocycles. The van der Waals surface area contributed by atoms with Gasteiger partial charge in [0.2, 0.25) is 0 Å². The fraction of sp³-hybridized carbons (Fsp3) is 0.207. The van der Waals surface area contributed by atoms with Crippen molar-refractivity contribution in [2.45, 2.75) is 6.42 Å². The Morgan fingerprint density at radius 2 is 1.86 bits per heavy atom. The third-order valence-corrected chi connectivity index (χ3v) is 6.69. The van der Waals surface area contributed by atoms with E-state index in [1.54, 1.807) is 0 Å². The first kappa shape index (κ1) is 22.2. The molecule has 0 unspecified atom stereocenters. The number of rotatable bonds is 6. The van der Waals surface area contributed by atoms with E-state index in [2.05, 4.69) is 50.5 Å². The fourth-order valence-corrected chi connectivity index (χ4v) is 4.80. The zero-order chi connectivity index (χ0) is 24.3. The molecule has 1 saturated heterocycles. The van der Waals surface area contributed by atoms with Gasteiger partial charge in [-0.25, -0.2) is 4.98 Å². The maximum atomic E-state index is 12.4. The molecule has 0 bridgehead atoms. The smallest absolute Gasteiger partial charge is 0.251 e. The van der Waals surface area contributed by atoms with E-state index in [4.69, 9.17) is 9.72 Å². The van der Waals surface area contributed by atoms with E-state index < -0.39 is 0 Å². The molecule has 0 aliphatic carbocycles. The summed E-state index contributed by atoms with van der Waals surface area (Å²) in [7, 11) is 0. The molecular weight excluding hydrogens is 450 g/mol. The molecule has 7 nitrogen and oxygen atoms in total. The van der Waals surface area contributed by atoms with Gasteiger partial charge in [-0.15, -0.1) is 0 Å². The number of aromatic amines is 1. The number of hydrogen-bond donors (Lipinski definition) is 2. The molecule has 7 heteroatoms. The number of aromatic nitrogens is 3. The van der Waals surface area contributed by atoms with Gasteiger partial charge in [0.25, 0.3) is 5.91 Å². The van der Waals surface area contributed by atoms with Crippen molar-refractivity contribution in [3.8, 4) is 11.3 Å². The van der Waals surface area contributed by atoms with Crippen LogP contribution in [0.15, 0.2) is 79.1 Å². The summed E-state index contributed by atoms with van der Waals surface area (Å²) < 4.78 is 5.47. The Bertz CT molecular complexity index is 1510. The van der Waals surface area contributed by atoms with Gasteiger partial charge in [0.15, 0.2) is 0 Å². The number of morpholine rings is 1. The highest BCUT2D eigenvalue weighted by Crippen LogP contribution is 2.33. The lowest BCUT2D eigenvalue weighted by molar-refractivity contribution is 0.0954. The van der Waals surface area contributed by atoms with Gasteiger partial charge in [0.1, 0.15) is 5.65 Å². The van der Waals surface area contributed by atoms with Gasteiger partial charge in [0.05, 0.1) is 30.8 Å². The van der Waals surface area contributed by atoms with Crippen molar-refractivity contribution in [1.29, 1.82) is 0 Å². The first-order valence-corrected chi connectivity index (χ1v) is 12.3. The van der Waals surface area contributed by atoms with Crippen LogP contribution in [0.25, 0.3) is 33.2 Å². The van der Waals surface area contributed by atoms with E-state index in [1.807, 2.05) is 48.8 Å². The van der Waals surface area contributed by atoms with Crippen LogP contribution in [0, 0.1) is 0 Å². The summed E-state index contributed by atoms with van der Waals surface area (Å²) in [5.41, 5.74) is 6.79. The molecule has 1 fully saturated rings. The zero-order valence-corrected chi connectivity index (χ0v) is 19.9. The van der Waals surface area contributed by atoms with Crippen molar-refractivity contribution in [1.82, 2.24) is 20.3 Å². The number of amides is 1. The normalized spacial score (nSPS) is 13.8. The average molecular weight is 478 g/mol. The summed E-state index contributed by atoms with van der Waals surface area (Å²) in [6.07, 6.45) is 4.51. The summed E-state index contributed by atoms with van der Waals surface area (Å²) in [6, 6.07) is 21.9. The largest absolute Gasteiger partial charge is 0.378 e. The Kier molecular flexibility index (Phi) is 6.05. The number of nitrogens with one attached hydrogen (secondary N) is 2. The van der Waals surface area contributed by atoms with Crippen LogP contribution in [-0.4, -0.2) is 53.7 Å². The second-order valence-corrected chi connectivity index (χ2v) is 8.96. The predicted molar refractivity (Wildman–Crippen MR) is 142 cm³/mol. The molecule has 3 aromatic heterocycles. The fourth-order valence-electron chi connectivity index (χ4n) is 4.80. The van der Waals surface area contributed by atoms with Crippen LogP contribution >= 0.6 is 0 Å². The molecule has 0 radical (unpaired) electrons. The van der Waals surface area contributed by atoms with Crippen LogP contribution in [0.1, 0.15) is 15.9 Å². The number of pyridine rings is 2. The quantitative estimate of drug-likeness (QED) is 0.374. The third kappa shape index (κ3) is 4.41. The van der Waals surface area contributed by atoms with Gasteiger partial charge in [-0.3, -0.25) is 9.78 Å². The number of H-pyrrole nitrogens is 1. The lowest BCUT2D eigenvalue weighted by Gasteiger charge is -2.28. The van der Waals surface area contributed by atoms with Crippen LogP contribution in [0.3, 0.4) is 0 Å². The van der Waals surface area contributed by atoms with Gasteiger partial charge in [0, 0.05) is 53.2 Å². The number of nitrogens with zero attached hydrogens (tertiary/aromatic N) is 3. The van der Waals surface area contributed by atoms with E-state index >= 15 is 0 Å². The highest BCUT2D eigenvalue weighted by molar-refractivity contribution is 6.12. The van der Waals surface area contributed by atoms with Crippen molar-refractivity contribution in [3.63, 3.8) is 0 Å². The predicted octanol–water partition coefficient (Wildman–Crippen LogP) is 4.59. The van der Waals surface area contributed by atoms with Crippen molar-refractivity contribution in [2.75, 3.05) is 37.7 Å². The zero-order valence-electron chi connectivity index (χ0n) is 19.9. The molecule has 36 heavy (non-hydrogen) atoms. The van der Waals surface area contributed by atoms with Crippen LogP contribution in [0.4, 0.5) is 5.69 Å². The molecule has 0 atom stereocenters. The molecule has 4 heterocycles. The van der Waals surface area contributed by atoms with Crippen molar-refractivity contribution in [2.24, 2.45) is 0 Å². The third-order valence-electron chi connectivity index (χ3n) is 6.69. The Balaban J connectivity index is 1.26. The van der Waals surface area contributed by atoms with Crippen LogP contribution in [0.2, 0.25) is 0 Å². The van der Waals surface area contributed by atoms with Crippen molar-refractivity contribution >= 4 is 33.5 Å². The van der Waals surface area contributed by atoms with E-state index in [0.29, 0.717) is 12.1 Å². The lowest BCUT2D eigenvalue weighted by Crippen LogP contribution is -2.36. The second-order valence-electron chi connectivity index (χ2n) is 8.96. The van der Waals surface area contributed by atoms with Gasteiger partial charge < -0.3 is 19.9 Å². The molecule has 1 amide bonds. The van der Waals surface area contributed by atoms with Gasteiger partial charge in [-0.05, 0) is 54.4 Å². The van der Waals surface area contributed by atoms with E-state index in [0.717, 1.165) is 77.2 Å². The Hall–Kier alpha value is -4.23. The average Bonchev–Trinajstić information content (AvgIpc) is 3.32. The number of fused-ring (bicyclic) bond motifs is 3. The lowest BCUT2D eigenvalue weighted by atomic mass is 10.0. The van der Waals surface area contributed by atoms with E-state index in [9.17, 15) is 4.79 Å². The Morgan fingerprint density at radius 3 is 2.67 bits per heavy atom. The Labute approximate surface area is 209 Å². The van der Waals surface area contributed by atoms with E-state index in [-0.39, 0.29) is 5.91 Å². The topological polar surface area (TPSA) is 83.1 Å². The monoisotopic (exact) mass is 477 g/mol. The Morgan fingerprint density at radius 1 is 1.00 bits per heavy atom. The maximum absolute atomic E-state index is 12.4. The summed E-state index contributed by atoms with van der Waals surface area (Å²) in [5, 5.41) is 5.19. The highest BCUT2D eigenvalue weighted by Gasteiger charge is 2.15. The van der Waals surface area contributed by atoms with Gasteiger partial charge in [-0.1, -0.05) is 24.3 Å². The summed E-state index contributed by atoms with van der Waals surface area (Å²) in [5.74, 6) is -0.0538. The molecule has 0 saturated carbocycles. The number of anilines is 1. The van der Waals surface area contributed by atoms with Crippen LogP contribution in [-0.2, 0) is 11.2 Å². The standard InChI is InChI=1S/C29H27N5O2/c35-29(21-4-2-1-3-5-21)31-12-10-20-6-8-26-24(18-20)27-23(11-13-30-28(27)33-26)25-9-7-22(19-32-25)34-14-16-36-17-15-34/h1-9,11,13,18-19H,10,12,14-17H2,(H,30,33)(H,31,35). The maximum Gasteiger partial charge on any atom is 0.251 e. The van der Waals surface area contributed by atoms with E-state index in [1.165, 1.54) is 0 Å². The molecule has 2 N–H and O–H groups in total. The highest BCUT2D eigenvalue weighted by atomic mass is 16.5. The molecule has 180 valence electrons. The van der Waals surface area contributed by atoms with Gasteiger partial charge >= 0.3 is 0 Å². The summed E-state index contributed by atoms with van der Waals surface area (Å²) in [4.78, 5) is 27.5. The number of carbonyl (C=O) groups is 1. The number of carbonyl (C=O) groups excluding carboxylic acids is 1. The summed E-state index contributed by atoms with van der Waals surface area (Å²) in [6.45, 7) is 3.84. The minimum absolute atomic E-state index is 0.0538. The van der Waals surface area contributed by atoms with Crippen LogP contribution in [0.5, 0.6) is 0 Å². The van der Waals surface area contributed by atoms with Gasteiger partial charge in [-0.2, -0.15) is 0 Å². The SMILES string of the molecule is O=C(NCCc1ccc2[nH]c3nccc(-c4ccc(N5CCOCC5)cn4)c3c2c1)c1ccccc1. The molecule has 6 rings (SSSR count). The number of hydrogen-bond acceptors (Lipinski definition) is 5. The molecule has 0 spiro atoms. The number of benzene rings is 2. The van der Waals surface area contributed by atoms with Crippen molar-refractivity contribution < 1.29 is 9.53 Å². The second kappa shape index (κ2) is 9.79. The first-order valence-electron chi connectivity index (χ1n) is 12.3. The van der Waals surface area contributed by atoms with Crippen molar-refractivity contribution in [3.05, 3.63) is 90.3 Å². The molecule has 1 aliphatic heterocycles. The number of ether oxygens (including phenoxy) is 1. The van der Waals surface area contributed by atoms with Crippen LogP contribution < -0.4 is 10.2 Å². The first-order chi connectivity index (χ1) is 17.8. The minimum atomic E-state index is -0.0538. The molecule has 5 aromatic rings. The molecule has 1 aliphatic rings.